The van der Waals surface area contributed by atoms with Crippen LogP contribution in [-0.2, 0) is 4.79 Å². The molecule has 5 nitrogen and oxygen atoms in total. The molecular weight excluding hydrogens is 196 g/mol. The van der Waals surface area contributed by atoms with Gasteiger partial charge in [-0.05, 0) is 18.1 Å². The van der Waals surface area contributed by atoms with Crippen molar-refractivity contribution in [3.05, 3.63) is 24.0 Å². The number of amides is 1. The SMILES string of the molecule is CC(C)[C@H](NC(=O)c1ccc[nH]1)C(=O)O. The van der Waals surface area contributed by atoms with Gasteiger partial charge in [0.25, 0.3) is 5.91 Å². The summed E-state index contributed by atoms with van der Waals surface area (Å²) in [5.74, 6) is -1.58. The molecule has 0 spiro atoms. The summed E-state index contributed by atoms with van der Waals surface area (Å²) in [5.41, 5.74) is 0.363. The van der Waals surface area contributed by atoms with E-state index in [0.717, 1.165) is 0 Å². The van der Waals surface area contributed by atoms with E-state index in [-0.39, 0.29) is 5.92 Å². The largest absolute Gasteiger partial charge is 0.480 e. The highest BCUT2D eigenvalue weighted by atomic mass is 16.4. The second kappa shape index (κ2) is 4.63. The second-order valence-corrected chi connectivity index (χ2v) is 3.62. The van der Waals surface area contributed by atoms with Crippen LogP contribution in [-0.4, -0.2) is 28.0 Å². The minimum absolute atomic E-state index is 0.151. The Morgan fingerprint density at radius 3 is 2.53 bits per heavy atom. The number of aromatic nitrogens is 1. The smallest absolute Gasteiger partial charge is 0.326 e. The fourth-order valence-electron chi connectivity index (χ4n) is 1.20. The quantitative estimate of drug-likeness (QED) is 0.689. The molecule has 0 bridgehead atoms. The molecule has 1 amide bonds. The topological polar surface area (TPSA) is 82.2 Å². The Kier molecular flexibility index (Phi) is 3.49. The number of aromatic amines is 1. The monoisotopic (exact) mass is 210 g/mol. The third kappa shape index (κ3) is 2.83. The first-order valence-corrected chi connectivity index (χ1v) is 4.69. The van der Waals surface area contributed by atoms with Crippen LogP contribution < -0.4 is 5.32 Å². The molecule has 3 N–H and O–H groups in total. The summed E-state index contributed by atoms with van der Waals surface area (Å²) in [7, 11) is 0. The summed E-state index contributed by atoms with van der Waals surface area (Å²) in [4.78, 5) is 25.1. The predicted octanol–water partition coefficient (Wildman–Crippen LogP) is 0.854. The Balaban J connectivity index is 2.67. The molecule has 82 valence electrons. The molecule has 1 aromatic rings. The Morgan fingerprint density at radius 2 is 2.13 bits per heavy atom. The molecule has 0 aromatic carbocycles. The van der Waals surface area contributed by atoms with Crippen molar-refractivity contribution in [1.82, 2.24) is 10.3 Å². The van der Waals surface area contributed by atoms with E-state index in [0.29, 0.717) is 5.69 Å². The maximum atomic E-state index is 11.5. The van der Waals surface area contributed by atoms with Gasteiger partial charge in [0, 0.05) is 6.20 Å². The number of rotatable bonds is 4. The lowest BCUT2D eigenvalue weighted by Gasteiger charge is -2.17. The highest BCUT2D eigenvalue weighted by Crippen LogP contribution is 2.03. The minimum atomic E-state index is -1.02. The van der Waals surface area contributed by atoms with Crippen LogP contribution in [0.1, 0.15) is 24.3 Å². The van der Waals surface area contributed by atoms with Crippen molar-refractivity contribution in [2.24, 2.45) is 5.92 Å². The van der Waals surface area contributed by atoms with Crippen LogP contribution in [0.2, 0.25) is 0 Å². The molecule has 0 unspecified atom stereocenters. The molecule has 1 atom stereocenters. The van der Waals surface area contributed by atoms with Crippen LogP contribution in [0.5, 0.6) is 0 Å². The first-order chi connectivity index (χ1) is 7.02. The van der Waals surface area contributed by atoms with Crippen LogP contribution in [0.3, 0.4) is 0 Å². The summed E-state index contributed by atoms with van der Waals surface area (Å²) in [6.07, 6.45) is 1.61. The maximum absolute atomic E-state index is 11.5. The van der Waals surface area contributed by atoms with Gasteiger partial charge in [0.2, 0.25) is 0 Å². The van der Waals surface area contributed by atoms with Crippen molar-refractivity contribution >= 4 is 11.9 Å². The van der Waals surface area contributed by atoms with Crippen molar-refractivity contribution in [3.8, 4) is 0 Å². The van der Waals surface area contributed by atoms with Gasteiger partial charge in [-0.3, -0.25) is 4.79 Å². The van der Waals surface area contributed by atoms with Gasteiger partial charge in [0.15, 0.2) is 0 Å². The molecule has 1 rings (SSSR count). The van der Waals surface area contributed by atoms with Crippen molar-refractivity contribution in [3.63, 3.8) is 0 Å². The highest BCUT2D eigenvalue weighted by Gasteiger charge is 2.23. The van der Waals surface area contributed by atoms with E-state index in [2.05, 4.69) is 10.3 Å². The minimum Gasteiger partial charge on any atom is -0.480 e. The van der Waals surface area contributed by atoms with E-state index in [1.165, 1.54) is 0 Å². The number of carboxylic acid groups (broad SMARTS) is 1. The zero-order valence-corrected chi connectivity index (χ0v) is 8.65. The van der Waals surface area contributed by atoms with Gasteiger partial charge in [0.05, 0.1) is 0 Å². The third-order valence-corrected chi connectivity index (χ3v) is 2.06. The summed E-state index contributed by atoms with van der Waals surface area (Å²) < 4.78 is 0. The zero-order valence-electron chi connectivity index (χ0n) is 8.65. The Labute approximate surface area is 87.5 Å². The number of hydrogen-bond acceptors (Lipinski definition) is 2. The first kappa shape index (κ1) is 11.3. The molecule has 0 aliphatic carbocycles. The standard InChI is InChI=1S/C10H14N2O3/c1-6(2)8(10(14)15)12-9(13)7-4-3-5-11-7/h3-6,8,11H,1-2H3,(H,12,13)(H,14,15)/t8-/m0/s1. The maximum Gasteiger partial charge on any atom is 0.326 e. The van der Waals surface area contributed by atoms with Gasteiger partial charge in [0.1, 0.15) is 11.7 Å². The number of H-pyrrole nitrogens is 1. The molecule has 1 aromatic heterocycles. The lowest BCUT2D eigenvalue weighted by molar-refractivity contribution is -0.140. The van der Waals surface area contributed by atoms with E-state index in [1.54, 1.807) is 32.2 Å². The first-order valence-electron chi connectivity index (χ1n) is 4.69. The number of carboxylic acids is 1. The van der Waals surface area contributed by atoms with Gasteiger partial charge in [-0.1, -0.05) is 13.8 Å². The van der Waals surface area contributed by atoms with Crippen LogP contribution in [0.15, 0.2) is 18.3 Å². The molecule has 1 heterocycles. The van der Waals surface area contributed by atoms with E-state index >= 15 is 0 Å². The summed E-state index contributed by atoms with van der Waals surface area (Å²) >= 11 is 0. The second-order valence-electron chi connectivity index (χ2n) is 3.62. The summed E-state index contributed by atoms with van der Waals surface area (Å²) in [6.45, 7) is 3.49. The van der Waals surface area contributed by atoms with Crippen LogP contribution in [0.25, 0.3) is 0 Å². The van der Waals surface area contributed by atoms with Gasteiger partial charge < -0.3 is 15.4 Å². The normalized spacial score (nSPS) is 12.5. The number of hydrogen-bond donors (Lipinski definition) is 3. The number of carbonyl (C=O) groups is 2. The average Bonchev–Trinajstić information content (AvgIpc) is 2.65. The summed E-state index contributed by atoms with van der Waals surface area (Å²) in [6, 6.07) is 2.41. The average molecular weight is 210 g/mol. The van der Waals surface area contributed by atoms with E-state index in [1.807, 2.05) is 0 Å². The molecule has 0 saturated carbocycles. The van der Waals surface area contributed by atoms with Crippen LogP contribution >= 0.6 is 0 Å². The van der Waals surface area contributed by atoms with Crippen LogP contribution in [0.4, 0.5) is 0 Å². The number of carbonyl (C=O) groups excluding carboxylic acids is 1. The van der Waals surface area contributed by atoms with E-state index in [9.17, 15) is 9.59 Å². The fraction of sp³-hybridized carbons (Fsp3) is 0.400. The molecule has 0 radical (unpaired) electrons. The highest BCUT2D eigenvalue weighted by molar-refractivity contribution is 5.95. The molecule has 0 aliphatic heterocycles. The molecule has 5 heteroatoms. The number of aliphatic carboxylic acids is 1. The van der Waals surface area contributed by atoms with Gasteiger partial charge in [-0.15, -0.1) is 0 Å². The number of nitrogens with one attached hydrogen (secondary N) is 2. The van der Waals surface area contributed by atoms with E-state index in [4.69, 9.17) is 5.11 Å². The molecule has 15 heavy (non-hydrogen) atoms. The predicted molar refractivity (Wildman–Crippen MR) is 54.5 cm³/mol. The molecule has 0 aliphatic rings. The Bertz CT molecular complexity index is 344. The van der Waals surface area contributed by atoms with Crippen molar-refractivity contribution in [2.75, 3.05) is 0 Å². The Hall–Kier alpha value is -1.78. The zero-order chi connectivity index (χ0) is 11.4. The van der Waals surface area contributed by atoms with Gasteiger partial charge >= 0.3 is 5.97 Å². The van der Waals surface area contributed by atoms with Crippen molar-refractivity contribution < 1.29 is 14.7 Å². The van der Waals surface area contributed by atoms with E-state index < -0.39 is 17.9 Å². The Morgan fingerprint density at radius 1 is 1.47 bits per heavy atom. The summed E-state index contributed by atoms with van der Waals surface area (Å²) in [5, 5.41) is 11.3. The lowest BCUT2D eigenvalue weighted by atomic mass is 10.0. The van der Waals surface area contributed by atoms with Crippen molar-refractivity contribution in [2.45, 2.75) is 19.9 Å². The fourth-order valence-corrected chi connectivity index (χ4v) is 1.20. The lowest BCUT2D eigenvalue weighted by Crippen LogP contribution is -2.44. The molecular formula is C10H14N2O3. The third-order valence-electron chi connectivity index (χ3n) is 2.06. The van der Waals surface area contributed by atoms with Gasteiger partial charge in [-0.2, -0.15) is 0 Å². The molecule has 0 fully saturated rings. The van der Waals surface area contributed by atoms with Gasteiger partial charge in [-0.25, -0.2) is 4.79 Å². The van der Waals surface area contributed by atoms with Crippen molar-refractivity contribution in [1.29, 1.82) is 0 Å². The van der Waals surface area contributed by atoms with Crippen LogP contribution in [0, 0.1) is 5.92 Å². The molecule has 0 saturated heterocycles.